The maximum Gasteiger partial charge on any atom is 0.257 e. The van der Waals surface area contributed by atoms with E-state index in [1.54, 1.807) is 31.3 Å². The topological polar surface area (TPSA) is 87.1 Å². The van der Waals surface area contributed by atoms with Crippen LogP contribution in [0.2, 0.25) is 0 Å². The summed E-state index contributed by atoms with van der Waals surface area (Å²) in [5, 5.41) is 13.1. The van der Waals surface area contributed by atoms with Crippen LogP contribution in [0.5, 0.6) is 5.75 Å². The molecule has 0 aliphatic heterocycles. The summed E-state index contributed by atoms with van der Waals surface area (Å²) in [4.78, 5) is 4.28. The Morgan fingerprint density at radius 3 is 2.89 bits per heavy atom. The summed E-state index contributed by atoms with van der Waals surface area (Å²) in [7, 11) is 0. The molecular formula is C19H15FN4O3. The van der Waals surface area contributed by atoms with E-state index in [0.717, 1.165) is 23.9 Å². The third-order valence-electron chi connectivity index (χ3n) is 4.50. The van der Waals surface area contributed by atoms with Crippen LogP contribution in [0.25, 0.3) is 22.6 Å². The lowest BCUT2D eigenvalue weighted by atomic mass is 10.1. The first-order valence-corrected chi connectivity index (χ1v) is 8.69. The molecule has 7 nitrogen and oxygen atoms in total. The monoisotopic (exact) mass is 366 g/mol. The minimum atomic E-state index is -0.600. The molecule has 0 bridgehead atoms. The van der Waals surface area contributed by atoms with Crippen molar-refractivity contribution in [3.63, 3.8) is 0 Å². The van der Waals surface area contributed by atoms with Crippen LogP contribution in [-0.2, 0) is 0 Å². The number of fused-ring (bicyclic) bond motifs is 1. The number of hydrogen-bond donors (Lipinski definition) is 0. The lowest BCUT2D eigenvalue weighted by Gasteiger charge is -2.11. The van der Waals surface area contributed by atoms with Gasteiger partial charge in [0, 0.05) is 12.1 Å². The molecule has 3 heterocycles. The van der Waals surface area contributed by atoms with Crippen molar-refractivity contribution in [1.29, 1.82) is 0 Å². The molecule has 0 amide bonds. The second-order valence-corrected chi connectivity index (χ2v) is 6.55. The standard InChI is InChI=1S/C19H15FN4O3/c1-10(25-15-5-3-2-4-14(15)20)17-22-23-18(26-17)12-8-13-16(11-6-7-11)24-27-19(13)21-9-12/h2-5,8-11H,6-7H2,1H3/t10-/m1/s1. The molecule has 8 heteroatoms. The molecule has 4 aromatic rings. The zero-order chi connectivity index (χ0) is 18.4. The van der Waals surface area contributed by atoms with Gasteiger partial charge in [-0.15, -0.1) is 10.2 Å². The van der Waals surface area contributed by atoms with E-state index in [-0.39, 0.29) is 11.6 Å². The van der Waals surface area contributed by atoms with Crippen molar-refractivity contribution in [2.45, 2.75) is 31.8 Å². The predicted octanol–water partition coefficient (Wildman–Crippen LogP) is 4.43. The Labute approximate surface area is 153 Å². The van der Waals surface area contributed by atoms with Gasteiger partial charge in [0.25, 0.3) is 11.6 Å². The van der Waals surface area contributed by atoms with E-state index in [4.69, 9.17) is 13.7 Å². The van der Waals surface area contributed by atoms with Crippen molar-refractivity contribution in [2.24, 2.45) is 0 Å². The first-order chi connectivity index (χ1) is 13.2. The van der Waals surface area contributed by atoms with E-state index in [2.05, 4.69) is 20.3 Å². The van der Waals surface area contributed by atoms with Gasteiger partial charge in [-0.25, -0.2) is 9.37 Å². The molecule has 1 aromatic carbocycles. The van der Waals surface area contributed by atoms with Crippen molar-refractivity contribution in [3.05, 3.63) is 53.9 Å². The Kier molecular flexibility index (Phi) is 3.63. The zero-order valence-electron chi connectivity index (χ0n) is 14.4. The Morgan fingerprint density at radius 2 is 2.07 bits per heavy atom. The average Bonchev–Trinajstić information content (AvgIpc) is 3.24. The van der Waals surface area contributed by atoms with Gasteiger partial charge in [0.1, 0.15) is 0 Å². The fourth-order valence-corrected chi connectivity index (χ4v) is 2.91. The van der Waals surface area contributed by atoms with Gasteiger partial charge < -0.3 is 13.7 Å². The van der Waals surface area contributed by atoms with Crippen LogP contribution in [0.15, 0.2) is 45.5 Å². The van der Waals surface area contributed by atoms with Crippen LogP contribution in [0.1, 0.15) is 43.4 Å². The highest BCUT2D eigenvalue weighted by Gasteiger charge is 2.29. The van der Waals surface area contributed by atoms with E-state index in [1.807, 2.05) is 6.07 Å². The number of ether oxygens (including phenoxy) is 1. The molecule has 1 aliphatic rings. The first kappa shape index (κ1) is 15.9. The number of aromatic nitrogens is 4. The van der Waals surface area contributed by atoms with E-state index in [1.165, 1.54) is 6.07 Å². The van der Waals surface area contributed by atoms with Crippen molar-refractivity contribution in [1.82, 2.24) is 20.3 Å². The van der Waals surface area contributed by atoms with Gasteiger partial charge in [-0.05, 0) is 38.0 Å². The Morgan fingerprint density at radius 1 is 1.22 bits per heavy atom. The van der Waals surface area contributed by atoms with Crippen LogP contribution in [-0.4, -0.2) is 20.3 Å². The van der Waals surface area contributed by atoms with Gasteiger partial charge in [-0.2, -0.15) is 0 Å². The first-order valence-electron chi connectivity index (χ1n) is 8.69. The largest absolute Gasteiger partial charge is 0.478 e. The second kappa shape index (κ2) is 6.15. The Hall–Kier alpha value is -3.29. The number of benzene rings is 1. The molecule has 1 fully saturated rings. The quantitative estimate of drug-likeness (QED) is 0.516. The fourth-order valence-electron chi connectivity index (χ4n) is 2.91. The van der Waals surface area contributed by atoms with Crippen molar-refractivity contribution >= 4 is 11.1 Å². The molecule has 27 heavy (non-hydrogen) atoms. The number of para-hydroxylation sites is 1. The van der Waals surface area contributed by atoms with Crippen LogP contribution < -0.4 is 4.74 Å². The number of nitrogens with zero attached hydrogens (tertiary/aromatic N) is 4. The number of rotatable bonds is 5. The molecule has 1 atom stereocenters. The van der Waals surface area contributed by atoms with Crippen LogP contribution in [0.4, 0.5) is 4.39 Å². The molecule has 0 spiro atoms. The molecule has 1 aliphatic carbocycles. The highest BCUT2D eigenvalue weighted by Crippen LogP contribution is 2.42. The molecule has 136 valence electrons. The molecule has 0 saturated heterocycles. The lowest BCUT2D eigenvalue weighted by Crippen LogP contribution is -2.04. The van der Waals surface area contributed by atoms with Crippen LogP contribution in [0.3, 0.4) is 0 Å². The smallest absolute Gasteiger partial charge is 0.257 e. The minimum absolute atomic E-state index is 0.131. The number of hydrogen-bond acceptors (Lipinski definition) is 7. The number of pyridine rings is 1. The van der Waals surface area contributed by atoms with Gasteiger partial charge in [0.05, 0.1) is 16.6 Å². The summed E-state index contributed by atoms with van der Waals surface area (Å²) in [6.07, 6.45) is 3.23. The molecule has 0 unspecified atom stereocenters. The van der Waals surface area contributed by atoms with E-state index >= 15 is 0 Å². The normalized spacial score (nSPS) is 15.2. The van der Waals surface area contributed by atoms with E-state index in [9.17, 15) is 4.39 Å². The summed E-state index contributed by atoms with van der Waals surface area (Å²) >= 11 is 0. The van der Waals surface area contributed by atoms with Gasteiger partial charge in [-0.1, -0.05) is 17.3 Å². The summed E-state index contributed by atoms with van der Waals surface area (Å²) in [5.41, 5.74) is 2.09. The van der Waals surface area contributed by atoms with Gasteiger partial charge in [-0.3, -0.25) is 0 Å². The van der Waals surface area contributed by atoms with Crippen molar-refractivity contribution in [3.8, 4) is 17.2 Å². The highest BCUT2D eigenvalue weighted by atomic mass is 19.1. The summed E-state index contributed by atoms with van der Waals surface area (Å²) in [6, 6.07) is 8.07. The predicted molar refractivity (Wildman–Crippen MR) is 92.5 cm³/mol. The molecule has 0 radical (unpaired) electrons. The average molecular weight is 366 g/mol. The lowest BCUT2D eigenvalue weighted by molar-refractivity contribution is 0.182. The third-order valence-corrected chi connectivity index (χ3v) is 4.50. The third kappa shape index (κ3) is 2.92. The SMILES string of the molecule is C[C@@H](Oc1ccccc1F)c1nnc(-c2cnc3onc(C4CC4)c3c2)o1. The van der Waals surface area contributed by atoms with Crippen molar-refractivity contribution < 1.29 is 18.1 Å². The zero-order valence-corrected chi connectivity index (χ0v) is 14.4. The minimum Gasteiger partial charge on any atom is -0.478 e. The molecule has 5 rings (SSSR count). The van der Waals surface area contributed by atoms with Gasteiger partial charge in [0.15, 0.2) is 17.7 Å². The molecule has 3 aromatic heterocycles. The van der Waals surface area contributed by atoms with Crippen molar-refractivity contribution in [2.75, 3.05) is 0 Å². The van der Waals surface area contributed by atoms with Crippen LogP contribution in [0, 0.1) is 5.82 Å². The molecule has 0 N–H and O–H groups in total. The fraction of sp³-hybridized carbons (Fsp3) is 0.263. The summed E-state index contributed by atoms with van der Waals surface area (Å²) in [5.74, 6) is 0.688. The number of halogens is 1. The molecule has 1 saturated carbocycles. The Balaban J connectivity index is 1.42. The van der Waals surface area contributed by atoms with E-state index in [0.29, 0.717) is 23.1 Å². The summed E-state index contributed by atoms with van der Waals surface area (Å²) in [6.45, 7) is 1.72. The van der Waals surface area contributed by atoms with Gasteiger partial charge >= 0.3 is 0 Å². The Bertz CT molecular complexity index is 1120. The summed E-state index contributed by atoms with van der Waals surface area (Å²) < 4.78 is 30.3. The van der Waals surface area contributed by atoms with E-state index < -0.39 is 11.9 Å². The molecular weight excluding hydrogens is 351 g/mol. The van der Waals surface area contributed by atoms with Gasteiger partial charge in [0.2, 0.25) is 5.89 Å². The maximum atomic E-state index is 13.7. The maximum absolute atomic E-state index is 13.7. The second-order valence-electron chi connectivity index (χ2n) is 6.55. The van der Waals surface area contributed by atoms with Crippen LogP contribution >= 0.6 is 0 Å². The highest BCUT2D eigenvalue weighted by molar-refractivity contribution is 5.81.